The van der Waals surface area contributed by atoms with E-state index in [4.69, 9.17) is 18.9 Å². The summed E-state index contributed by atoms with van der Waals surface area (Å²) < 4.78 is 13.4. The molecular formula is C44H53N5O11. The molecule has 16 nitrogen and oxygen atoms in total. The molecule has 2 fully saturated rings. The van der Waals surface area contributed by atoms with E-state index < -0.39 is 54.2 Å². The van der Waals surface area contributed by atoms with Crippen LogP contribution in [0.2, 0.25) is 0 Å². The number of nitrogens with one attached hydrogen (secondary N) is 1. The van der Waals surface area contributed by atoms with Gasteiger partial charge in [-0.25, -0.2) is 9.78 Å². The maximum Gasteiger partial charge on any atom is 0.226 e. The first-order valence-electron chi connectivity index (χ1n) is 21.0. The molecule has 1 spiro atoms. The number of aryl methyl sites for hydroxylation is 1. The van der Waals surface area contributed by atoms with Crippen molar-refractivity contribution in [2.75, 3.05) is 44.3 Å². The van der Waals surface area contributed by atoms with E-state index in [1.54, 1.807) is 36.4 Å². The molecule has 1 saturated carbocycles. The molecule has 1 aromatic heterocycles. The number of benzene rings is 1. The maximum absolute atomic E-state index is 13.5. The first-order chi connectivity index (χ1) is 28.8. The Labute approximate surface area is 346 Å². The number of rotatable bonds is 14. The van der Waals surface area contributed by atoms with Gasteiger partial charge in [-0.2, -0.15) is 0 Å². The molecular weight excluding hydrogens is 775 g/mol. The van der Waals surface area contributed by atoms with Gasteiger partial charge < -0.3 is 49.8 Å². The summed E-state index contributed by atoms with van der Waals surface area (Å²) in [6, 6.07) is 3.21. The molecule has 7 atom stereocenters. The normalized spacial score (nSPS) is 27.5. The lowest BCUT2D eigenvalue weighted by Crippen LogP contribution is -2.63. The Bertz CT molecular complexity index is 2310. The first kappa shape index (κ1) is 40.7. The van der Waals surface area contributed by atoms with Crippen LogP contribution in [0, 0.1) is 18.3 Å². The van der Waals surface area contributed by atoms with E-state index in [0.717, 1.165) is 43.4 Å². The summed E-state index contributed by atoms with van der Waals surface area (Å²) >= 11 is 0. The third-order valence-electron chi connectivity index (χ3n) is 13.8. The lowest BCUT2D eigenvalue weighted by Gasteiger charge is -2.44. The summed E-state index contributed by atoms with van der Waals surface area (Å²) in [7, 11) is 0. The van der Waals surface area contributed by atoms with Crippen molar-refractivity contribution < 1.29 is 49.3 Å². The van der Waals surface area contributed by atoms with Crippen LogP contribution in [0.1, 0.15) is 63.2 Å². The minimum absolute atomic E-state index is 0.0650. The van der Waals surface area contributed by atoms with E-state index in [1.165, 1.54) is 6.07 Å². The second-order valence-corrected chi connectivity index (χ2v) is 17.6. The summed E-state index contributed by atoms with van der Waals surface area (Å²) in [6.45, 7) is 3.21. The number of nitrogens with zero attached hydrogens (tertiary/aromatic N) is 4. The van der Waals surface area contributed by atoms with Gasteiger partial charge in [-0.1, -0.05) is 19.3 Å². The lowest BCUT2D eigenvalue weighted by molar-refractivity contribution is -0.365. The van der Waals surface area contributed by atoms with Crippen molar-refractivity contribution in [1.29, 1.82) is 0 Å². The lowest BCUT2D eigenvalue weighted by atomic mass is 9.65. The summed E-state index contributed by atoms with van der Waals surface area (Å²) in [4.78, 5) is 51.4. The molecule has 1 saturated heterocycles. The Morgan fingerprint density at radius 1 is 1.08 bits per heavy atom. The quantitative estimate of drug-likeness (QED) is 0.119. The summed E-state index contributed by atoms with van der Waals surface area (Å²) in [6.07, 6.45) is 10.5. The average molecular weight is 828 g/mol. The molecule has 7 aliphatic rings. The molecule has 320 valence electrons. The highest BCUT2D eigenvalue weighted by Gasteiger charge is 2.53. The SMILES string of the molecule is Cc1cc(=O)c2cc3c(c(N4C=C5N=CC=C5C4)c2o1)O[C@](C)(CC[C@@H]1CNC(=O)C12CCCCC2)[C@H](OOC[C@H](O)[C@](O)(CN1CC=C2N=CC=C21)[C@H](O)[C@H](O)CO)C3. The maximum atomic E-state index is 13.5. The molecule has 2 aromatic rings. The molecule has 7 heterocycles. The zero-order chi connectivity index (χ0) is 42.0. The molecule has 0 bridgehead atoms. The Morgan fingerprint density at radius 3 is 2.65 bits per heavy atom. The van der Waals surface area contributed by atoms with E-state index >= 15 is 0 Å². The predicted octanol–water partition coefficient (Wildman–Crippen LogP) is 2.23. The van der Waals surface area contributed by atoms with Gasteiger partial charge in [0.1, 0.15) is 53.7 Å². The number of carbonyl (C=O) groups is 1. The zero-order valence-corrected chi connectivity index (χ0v) is 33.9. The van der Waals surface area contributed by atoms with E-state index in [2.05, 4.69) is 15.3 Å². The molecule has 1 aliphatic carbocycles. The van der Waals surface area contributed by atoms with Gasteiger partial charge in [0.15, 0.2) is 16.8 Å². The number of fused-ring (bicyclic) bond motifs is 4. The number of aliphatic hydroxyl groups excluding tert-OH is 4. The van der Waals surface area contributed by atoms with Crippen LogP contribution in [-0.2, 0) is 21.0 Å². The van der Waals surface area contributed by atoms with Crippen molar-refractivity contribution >= 4 is 35.0 Å². The van der Waals surface area contributed by atoms with Gasteiger partial charge in [-0.3, -0.25) is 19.6 Å². The third-order valence-corrected chi connectivity index (χ3v) is 13.8. The van der Waals surface area contributed by atoms with Gasteiger partial charge in [0.05, 0.1) is 47.6 Å². The van der Waals surface area contributed by atoms with Gasteiger partial charge in [0.25, 0.3) is 0 Å². The minimum Gasteiger partial charge on any atom is -0.482 e. The third kappa shape index (κ3) is 6.91. The predicted molar refractivity (Wildman–Crippen MR) is 220 cm³/mol. The number of aliphatic imine (C=N–C) groups is 2. The number of aliphatic hydroxyl groups is 5. The minimum atomic E-state index is -2.39. The molecule has 0 radical (unpaired) electrons. The molecule has 6 N–H and O–H groups in total. The van der Waals surface area contributed by atoms with Crippen LogP contribution >= 0.6 is 0 Å². The smallest absolute Gasteiger partial charge is 0.226 e. The summed E-state index contributed by atoms with van der Waals surface area (Å²) in [5.41, 5.74) is 0.691. The number of allylic oxidation sites excluding steroid dienone is 2. The fraction of sp³-hybridized carbons (Fsp3) is 0.545. The van der Waals surface area contributed by atoms with Gasteiger partial charge in [0.2, 0.25) is 5.91 Å². The van der Waals surface area contributed by atoms with Gasteiger partial charge in [0, 0.05) is 55.3 Å². The highest BCUT2D eigenvalue weighted by Crippen LogP contribution is 2.51. The van der Waals surface area contributed by atoms with E-state index in [0.29, 0.717) is 77.6 Å². The summed E-state index contributed by atoms with van der Waals surface area (Å²) in [5, 5.41) is 58.3. The fourth-order valence-electron chi connectivity index (χ4n) is 10.3. The van der Waals surface area contributed by atoms with Crippen LogP contribution in [0.3, 0.4) is 0 Å². The van der Waals surface area contributed by atoms with Crippen LogP contribution in [0.15, 0.2) is 78.4 Å². The second kappa shape index (κ2) is 15.7. The molecule has 16 heteroatoms. The van der Waals surface area contributed by atoms with Gasteiger partial charge >= 0.3 is 0 Å². The Kier molecular flexibility index (Phi) is 10.6. The van der Waals surface area contributed by atoms with Crippen LogP contribution in [-0.4, -0.2) is 124 Å². The van der Waals surface area contributed by atoms with E-state index in [9.17, 15) is 35.1 Å². The standard InChI is InChI=1S/C44H53N5O11/c1-25-16-33(51)29-17-27-18-36(60-57-23-35(53)44(56,40(54)34(52)22-50)24-48-15-9-30-32(48)8-14-45-30)42(2,12-6-28-19-47-41(55)43(28)10-4-3-5-11-43)59-38(27)37(39(29)58-25)49-20-26-7-13-46-31(26)21-49/h7-9,13-14,16-17,21,28,34-36,40,50,52-54,56H,3-6,10-12,15,18-20,22-24H2,1-2H3,(H,47,55)/t28-,34-,35+,36-,40-,42-,44-/m1/s1. The number of hydrogen-bond acceptors (Lipinski definition) is 15. The molecule has 9 rings (SSSR count). The molecule has 1 aromatic carbocycles. The largest absolute Gasteiger partial charge is 0.482 e. The summed E-state index contributed by atoms with van der Waals surface area (Å²) in [5.74, 6) is 1.15. The van der Waals surface area contributed by atoms with Gasteiger partial charge in [-0.15, -0.1) is 0 Å². The number of β-amino-alcohol motifs (C(OH)–C–C–N with tert-alkyl or cyclic N) is 1. The molecule has 1 amide bonds. The Hall–Kier alpha value is -4.68. The zero-order valence-electron chi connectivity index (χ0n) is 33.9. The Balaban J connectivity index is 1.03. The van der Waals surface area contributed by atoms with Crippen LogP contribution in [0.25, 0.3) is 11.0 Å². The average Bonchev–Trinajstić information content (AvgIpc) is 4.07. The first-order valence-corrected chi connectivity index (χ1v) is 21.0. The second-order valence-electron chi connectivity index (χ2n) is 17.6. The van der Waals surface area contributed by atoms with Crippen LogP contribution in [0.4, 0.5) is 5.69 Å². The van der Waals surface area contributed by atoms with E-state index in [1.807, 2.05) is 30.2 Å². The van der Waals surface area contributed by atoms with Crippen molar-refractivity contribution in [2.45, 2.75) is 101 Å². The number of ether oxygens (including phenoxy) is 1. The number of amides is 1. The van der Waals surface area contributed by atoms with Crippen molar-refractivity contribution in [1.82, 2.24) is 10.2 Å². The fourth-order valence-corrected chi connectivity index (χ4v) is 10.3. The van der Waals surface area contributed by atoms with Crippen LogP contribution < -0.4 is 20.4 Å². The van der Waals surface area contributed by atoms with Crippen molar-refractivity contribution in [3.8, 4) is 5.75 Å². The molecule has 6 aliphatic heterocycles. The van der Waals surface area contributed by atoms with Crippen LogP contribution in [0.5, 0.6) is 5.75 Å². The van der Waals surface area contributed by atoms with Gasteiger partial charge in [-0.05, 0) is 69.7 Å². The van der Waals surface area contributed by atoms with Crippen molar-refractivity contribution in [3.05, 3.63) is 80.8 Å². The highest BCUT2D eigenvalue weighted by molar-refractivity contribution is 5.96. The molecule has 60 heavy (non-hydrogen) atoms. The Morgan fingerprint density at radius 2 is 1.87 bits per heavy atom. The monoisotopic (exact) mass is 827 g/mol. The van der Waals surface area contributed by atoms with Crippen molar-refractivity contribution in [2.24, 2.45) is 21.3 Å². The topological polar surface area (TPSA) is 219 Å². The number of hydrogen-bond donors (Lipinski definition) is 6. The highest BCUT2D eigenvalue weighted by atomic mass is 17.2. The number of anilines is 1. The number of carbonyl (C=O) groups excluding carboxylic acids is 1. The van der Waals surface area contributed by atoms with Crippen molar-refractivity contribution in [3.63, 3.8) is 0 Å². The molecule has 0 unspecified atom stereocenters. The van der Waals surface area contributed by atoms with E-state index in [-0.39, 0.29) is 30.2 Å².